The van der Waals surface area contributed by atoms with Gasteiger partial charge in [-0.15, -0.1) is 0 Å². The molecule has 98 valence electrons. The molecule has 2 saturated carbocycles. The number of amides is 2. The van der Waals surface area contributed by atoms with Crippen LogP contribution in [0.4, 0.5) is 0 Å². The van der Waals surface area contributed by atoms with Crippen LogP contribution in [0, 0.1) is 17.8 Å². The standard InChI is InChI=1S/C12H16N2O4/c15-10(3-4-11(16)17)13-14-12(18)9-6-7-1-2-8(9)5-7/h3-4,7-9H,1-2,5-6H2,(H,13,15)(H,14,18)(H,16,17). The Morgan fingerprint density at radius 3 is 2.39 bits per heavy atom. The maximum atomic E-state index is 11.8. The number of rotatable bonds is 3. The molecule has 2 aliphatic rings. The fourth-order valence-electron chi connectivity index (χ4n) is 2.97. The number of aliphatic carboxylic acids is 1. The molecule has 0 aromatic heterocycles. The van der Waals surface area contributed by atoms with Crippen LogP contribution in [0.5, 0.6) is 0 Å². The van der Waals surface area contributed by atoms with E-state index in [0.29, 0.717) is 11.8 Å². The highest BCUT2D eigenvalue weighted by atomic mass is 16.4. The lowest BCUT2D eigenvalue weighted by atomic mass is 9.88. The zero-order chi connectivity index (χ0) is 13.1. The van der Waals surface area contributed by atoms with Gasteiger partial charge < -0.3 is 5.11 Å². The molecule has 0 aromatic carbocycles. The van der Waals surface area contributed by atoms with E-state index >= 15 is 0 Å². The molecule has 3 unspecified atom stereocenters. The Morgan fingerprint density at radius 2 is 1.83 bits per heavy atom. The summed E-state index contributed by atoms with van der Waals surface area (Å²) in [5.74, 6) is -0.917. The van der Waals surface area contributed by atoms with Gasteiger partial charge in [0, 0.05) is 18.1 Å². The molecule has 3 atom stereocenters. The maximum Gasteiger partial charge on any atom is 0.328 e. The fourth-order valence-corrected chi connectivity index (χ4v) is 2.97. The molecule has 2 bridgehead atoms. The topological polar surface area (TPSA) is 95.5 Å². The second kappa shape index (κ2) is 5.20. The molecule has 6 nitrogen and oxygen atoms in total. The van der Waals surface area contributed by atoms with Gasteiger partial charge in [-0.05, 0) is 31.1 Å². The zero-order valence-corrected chi connectivity index (χ0v) is 9.89. The summed E-state index contributed by atoms with van der Waals surface area (Å²) >= 11 is 0. The molecule has 3 N–H and O–H groups in total. The summed E-state index contributed by atoms with van der Waals surface area (Å²) in [6.07, 6.45) is 5.91. The molecule has 0 saturated heterocycles. The van der Waals surface area contributed by atoms with Gasteiger partial charge >= 0.3 is 5.97 Å². The normalized spacial score (nSPS) is 29.4. The van der Waals surface area contributed by atoms with Gasteiger partial charge in [0.25, 0.3) is 5.91 Å². The van der Waals surface area contributed by atoms with E-state index in [1.807, 2.05) is 0 Å². The summed E-state index contributed by atoms with van der Waals surface area (Å²) in [4.78, 5) is 33.1. The molecule has 2 fully saturated rings. The molecule has 0 aromatic rings. The second-order valence-electron chi connectivity index (χ2n) is 4.93. The van der Waals surface area contributed by atoms with Crippen molar-refractivity contribution < 1.29 is 19.5 Å². The van der Waals surface area contributed by atoms with Crippen LogP contribution < -0.4 is 10.9 Å². The second-order valence-corrected chi connectivity index (χ2v) is 4.93. The van der Waals surface area contributed by atoms with Crippen molar-refractivity contribution in [2.45, 2.75) is 25.7 Å². The van der Waals surface area contributed by atoms with Crippen molar-refractivity contribution in [3.8, 4) is 0 Å². The number of fused-ring (bicyclic) bond motifs is 2. The Hall–Kier alpha value is -1.85. The first-order valence-corrected chi connectivity index (χ1v) is 6.07. The molecular weight excluding hydrogens is 236 g/mol. The summed E-state index contributed by atoms with van der Waals surface area (Å²) in [6, 6.07) is 0. The SMILES string of the molecule is O=C(O)C=CC(=O)NNC(=O)C1CC2CCC1C2. The number of hydrazine groups is 1. The highest BCUT2D eigenvalue weighted by Gasteiger charge is 2.43. The molecule has 0 aliphatic heterocycles. The highest BCUT2D eigenvalue weighted by Crippen LogP contribution is 2.48. The summed E-state index contributed by atoms with van der Waals surface area (Å²) < 4.78 is 0. The minimum atomic E-state index is -1.20. The van der Waals surface area contributed by atoms with E-state index in [-0.39, 0.29) is 11.8 Å². The molecular formula is C12H16N2O4. The Kier molecular flexibility index (Phi) is 3.64. The van der Waals surface area contributed by atoms with Crippen molar-refractivity contribution in [1.82, 2.24) is 10.9 Å². The van der Waals surface area contributed by atoms with E-state index in [0.717, 1.165) is 31.4 Å². The molecule has 6 heteroatoms. The molecule has 2 aliphatic carbocycles. The smallest absolute Gasteiger partial charge is 0.328 e. The van der Waals surface area contributed by atoms with E-state index in [2.05, 4.69) is 10.9 Å². The molecule has 2 rings (SSSR count). The minimum Gasteiger partial charge on any atom is -0.478 e. The predicted molar refractivity (Wildman–Crippen MR) is 62.0 cm³/mol. The van der Waals surface area contributed by atoms with Crippen LogP contribution in [-0.4, -0.2) is 22.9 Å². The third kappa shape index (κ3) is 2.88. The van der Waals surface area contributed by atoms with Crippen molar-refractivity contribution in [1.29, 1.82) is 0 Å². The van der Waals surface area contributed by atoms with E-state index in [1.54, 1.807) is 0 Å². The summed E-state index contributed by atoms with van der Waals surface area (Å²) in [6.45, 7) is 0. The number of carbonyl (C=O) groups excluding carboxylic acids is 2. The van der Waals surface area contributed by atoms with Crippen molar-refractivity contribution in [2.24, 2.45) is 17.8 Å². The first-order chi connectivity index (χ1) is 8.56. The average molecular weight is 252 g/mol. The lowest BCUT2D eigenvalue weighted by Crippen LogP contribution is -2.45. The lowest BCUT2D eigenvalue weighted by molar-refractivity contribution is -0.131. The van der Waals surface area contributed by atoms with Crippen molar-refractivity contribution >= 4 is 17.8 Å². The molecule has 0 heterocycles. The summed E-state index contributed by atoms with van der Waals surface area (Å²) in [7, 11) is 0. The number of nitrogens with one attached hydrogen (secondary N) is 2. The van der Waals surface area contributed by atoms with Gasteiger partial charge in [-0.2, -0.15) is 0 Å². The van der Waals surface area contributed by atoms with Crippen LogP contribution in [0.3, 0.4) is 0 Å². The summed E-state index contributed by atoms with van der Waals surface area (Å²) in [5.41, 5.74) is 4.54. The van der Waals surface area contributed by atoms with E-state index in [4.69, 9.17) is 5.11 Å². The van der Waals surface area contributed by atoms with Crippen LogP contribution in [0.2, 0.25) is 0 Å². The van der Waals surface area contributed by atoms with Crippen molar-refractivity contribution in [3.05, 3.63) is 12.2 Å². The monoisotopic (exact) mass is 252 g/mol. The van der Waals surface area contributed by atoms with Gasteiger partial charge in [0.05, 0.1) is 0 Å². The van der Waals surface area contributed by atoms with E-state index in [1.165, 1.54) is 6.42 Å². The Balaban J connectivity index is 1.75. The van der Waals surface area contributed by atoms with E-state index < -0.39 is 11.9 Å². The zero-order valence-electron chi connectivity index (χ0n) is 9.89. The van der Waals surface area contributed by atoms with Gasteiger partial charge in [-0.25, -0.2) is 4.79 Å². The lowest BCUT2D eigenvalue weighted by Gasteiger charge is -2.20. The Bertz CT molecular complexity index is 405. The number of hydrogen-bond acceptors (Lipinski definition) is 3. The number of carbonyl (C=O) groups is 3. The van der Waals surface area contributed by atoms with Gasteiger partial charge in [0.15, 0.2) is 0 Å². The van der Waals surface area contributed by atoms with Gasteiger partial charge in [-0.3, -0.25) is 20.4 Å². The largest absolute Gasteiger partial charge is 0.478 e. The third-order valence-electron chi connectivity index (χ3n) is 3.76. The quantitative estimate of drug-likeness (QED) is 0.494. The Morgan fingerprint density at radius 1 is 1.06 bits per heavy atom. The van der Waals surface area contributed by atoms with Crippen LogP contribution in [-0.2, 0) is 14.4 Å². The predicted octanol–water partition coefficient (Wildman–Crippen LogP) is 0.211. The van der Waals surface area contributed by atoms with Crippen LogP contribution in [0.25, 0.3) is 0 Å². The van der Waals surface area contributed by atoms with E-state index in [9.17, 15) is 14.4 Å². The number of hydrogen-bond donors (Lipinski definition) is 3. The molecule has 18 heavy (non-hydrogen) atoms. The van der Waals surface area contributed by atoms with Crippen molar-refractivity contribution in [2.75, 3.05) is 0 Å². The van der Waals surface area contributed by atoms with Gasteiger partial charge in [-0.1, -0.05) is 6.42 Å². The molecule has 2 amide bonds. The first kappa shape index (κ1) is 12.6. The minimum absolute atomic E-state index is 0.00694. The number of carboxylic acid groups (broad SMARTS) is 1. The average Bonchev–Trinajstić information content (AvgIpc) is 2.95. The number of carboxylic acids is 1. The van der Waals surface area contributed by atoms with Crippen LogP contribution >= 0.6 is 0 Å². The molecule has 0 radical (unpaired) electrons. The fraction of sp³-hybridized carbons (Fsp3) is 0.583. The summed E-state index contributed by atoms with van der Waals surface area (Å²) in [5, 5.41) is 8.33. The maximum absolute atomic E-state index is 11.8. The van der Waals surface area contributed by atoms with Gasteiger partial charge in [0.1, 0.15) is 0 Å². The Labute approximate surface area is 104 Å². The third-order valence-corrected chi connectivity index (χ3v) is 3.76. The highest BCUT2D eigenvalue weighted by molar-refractivity contribution is 5.95. The molecule has 0 spiro atoms. The van der Waals surface area contributed by atoms with Gasteiger partial charge in [0.2, 0.25) is 5.91 Å². The van der Waals surface area contributed by atoms with Crippen molar-refractivity contribution in [3.63, 3.8) is 0 Å². The first-order valence-electron chi connectivity index (χ1n) is 6.07. The van der Waals surface area contributed by atoms with Crippen LogP contribution in [0.1, 0.15) is 25.7 Å². The van der Waals surface area contributed by atoms with Crippen LogP contribution in [0.15, 0.2) is 12.2 Å².